The van der Waals surface area contributed by atoms with Crippen LogP contribution in [0.3, 0.4) is 0 Å². The first-order chi connectivity index (χ1) is 13.1. The fourth-order valence-electron chi connectivity index (χ4n) is 3.05. The average molecular weight is 402 g/mol. The summed E-state index contributed by atoms with van der Waals surface area (Å²) in [6.45, 7) is 0.772. The molecule has 1 heterocycles. The Balaban J connectivity index is 1.83. The number of carbonyl (C=O) groups is 1. The first kappa shape index (κ1) is 19.4. The molecule has 140 valence electrons. The molecule has 0 bridgehead atoms. The smallest absolute Gasteiger partial charge is 0.287 e. The van der Waals surface area contributed by atoms with Crippen LogP contribution in [0.4, 0.5) is 5.69 Å². The summed E-state index contributed by atoms with van der Waals surface area (Å²) in [6.07, 6.45) is 0. The Morgan fingerprint density at radius 3 is 2.59 bits per heavy atom. The van der Waals surface area contributed by atoms with Gasteiger partial charge in [-0.25, -0.2) is 0 Å². The van der Waals surface area contributed by atoms with Crippen LogP contribution >= 0.6 is 22.9 Å². The molecule has 0 fully saturated rings. The zero-order valence-corrected chi connectivity index (χ0v) is 16.8. The zero-order chi connectivity index (χ0) is 19.2. The van der Waals surface area contributed by atoms with Gasteiger partial charge in [-0.15, -0.1) is 11.3 Å². The molecular weight excluding hydrogens is 380 g/mol. The van der Waals surface area contributed by atoms with E-state index >= 15 is 0 Å². The maximum absolute atomic E-state index is 13.1. The maximum atomic E-state index is 13.1. The first-order valence-electron chi connectivity index (χ1n) is 8.62. The lowest BCUT2D eigenvalue weighted by Gasteiger charge is -2.24. The summed E-state index contributed by atoms with van der Waals surface area (Å²) >= 11 is 7.89. The van der Waals surface area contributed by atoms with Crippen LogP contribution in [0.15, 0.2) is 66.0 Å². The molecule has 1 aromatic heterocycles. The number of methoxy groups -OCH3 is 1. The number of halogens is 1. The second-order valence-corrected chi connectivity index (χ2v) is 7.72. The Bertz CT molecular complexity index is 884. The number of amides is 1. The highest BCUT2D eigenvalue weighted by Crippen LogP contribution is 2.27. The Labute approximate surface area is 168 Å². The molecule has 0 saturated heterocycles. The van der Waals surface area contributed by atoms with Crippen LogP contribution < -0.4 is 15.0 Å². The van der Waals surface area contributed by atoms with Gasteiger partial charge in [0, 0.05) is 11.3 Å². The van der Waals surface area contributed by atoms with Gasteiger partial charge in [0.15, 0.2) is 6.04 Å². The van der Waals surface area contributed by atoms with Crippen LogP contribution in [-0.4, -0.2) is 20.1 Å². The fourth-order valence-corrected chi connectivity index (χ4v) is 4.11. The van der Waals surface area contributed by atoms with Crippen LogP contribution in [-0.2, 0) is 11.3 Å². The molecule has 3 aromatic rings. The number of carbonyl (C=O) groups excluding carboxylic acids is 1. The van der Waals surface area contributed by atoms with Crippen molar-refractivity contribution in [1.29, 1.82) is 0 Å². The number of quaternary nitrogens is 1. The normalized spacial score (nSPS) is 13.0. The summed E-state index contributed by atoms with van der Waals surface area (Å²) in [7, 11) is 3.60. The van der Waals surface area contributed by atoms with E-state index in [1.165, 1.54) is 4.88 Å². The third-order valence-corrected chi connectivity index (χ3v) is 5.51. The number of anilines is 1. The Hall–Kier alpha value is -2.34. The fraction of sp³-hybridized carbons (Fsp3) is 0.190. The molecule has 0 aliphatic rings. The van der Waals surface area contributed by atoms with E-state index in [-0.39, 0.29) is 11.9 Å². The second-order valence-electron chi connectivity index (χ2n) is 6.28. The number of hydrogen-bond donors (Lipinski definition) is 2. The van der Waals surface area contributed by atoms with Gasteiger partial charge in [0.05, 0.1) is 24.1 Å². The van der Waals surface area contributed by atoms with Gasteiger partial charge in [0.2, 0.25) is 0 Å². The Morgan fingerprint density at radius 2 is 1.96 bits per heavy atom. The van der Waals surface area contributed by atoms with E-state index in [1.54, 1.807) is 36.6 Å². The number of hydrogen-bond acceptors (Lipinski definition) is 3. The van der Waals surface area contributed by atoms with Crippen molar-refractivity contribution >= 4 is 34.5 Å². The summed E-state index contributed by atoms with van der Waals surface area (Å²) in [5.74, 6) is 0.506. The average Bonchev–Trinajstić information content (AvgIpc) is 3.16. The number of thiophene rings is 1. The molecule has 2 N–H and O–H groups in total. The minimum Gasteiger partial charge on any atom is -0.495 e. The van der Waals surface area contributed by atoms with Crippen molar-refractivity contribution in [1.82, 2.24) is 0 Å². The molecule has 2 atom stereocenters. The Morgan fingerprint density at radius 1 is 1.19 bits per heavy atom. The third-order valence-electron chi connectivity index (χ3n) is 4.34. The monoisotopic (exact) mass is 401 g/mol. The van der Waals surface area contributed by atoms with Crippen LogP contribution in [0.1, 0.15) is 16.5 Å². The summed E-state index contributed by atoms with van der Waals surface area (Å²) in [4.78, 5) is 15.5. The zero-order valence-electron chi connectivity index (χ0n) is 15.2. The van der Waals surface area contributed by atoms with E-state index in [0.717, 1.165) is 17.0 Å². The van der Waals surface area contributed by atoms with E-state index in [1.807, 2.05) is 43.4 Å². The molecule has 1 unspecified atom stereocenters. The van der Waals surface area contributed by atoms with E-state index in [9.17, 15) is 4.79 Å². The lowest BCUT2D eigenvalue weighted by Crippen LogP contribution is -3.09. The van der Waals surface area contributed by atoms with E-state index in [0.29, 0.717) is 16.5 Å². The predicted octanol–water partition coefficient (Wildman–Crippen LogP) is 3.80. The highest BCUT2D eigenvalue weighted by molar-refractivity contribution is 7.09. The SMILES string of the molecule is COc1ccc(NC(=O)[C@@H](c2ccccc2)[NH+](C)Cc2cccs2)cc1Cl. The van der Waals surface area contributed by atoms with Crippen molar-refractivity contribution in [2.45, 2.75) is 12.6 Å². The number of nitrogens with one attached hydrogen (secondary N) is 2. The molecule has 27 heavy (non-hydrogen) atoms. The highest BCUT2D eigenvalue weighted by atomic mass is 35.5. The first-order valence-corrected chi connectivity index (χ1v) is 9.88. The molecule has 1 amide bonds. The van der Waals surface area contributed by atoms with Crippen LogP contribution in [0.2, 0.25) is 5.02 Å². The van der Waals surface area contributed by atoms with Crippen LogP contribution in [0.5, 0.6) is 5.75 Å². The third kappa shape index (κ3) is 4.89. The summed E-state index contributed by atoms with van der Waals surface area (Å²) in [5.41, 5.74) is 1.62. The van der Waals surface area contributed by atoms with Gasteiger partial charge >= 0.3 is 0 Å². The van der Waals surface area contributed by atoms with Gasteiger partial charge in [0.1, 0.15) is 12.3 Å². The van der Waals surface area contributed by atoms with Crippen molar-refractivity contribution in [3.63, 3.8) is 0 Å². The number of benzene rings is 2. The molecule has 2 aromatic carbocycles. The topological polar surface area (TPSA) is 42.8 Å². The van der Waals surface area contributed by atoms with Crippen LogP contribution in [0.25, 0.3) is 0 Å². The largest absolute Gasteiger partial charge is 0.495 e. The summed E-state index contributed by atoms with van der Waals surface area (Å²) in [5, 5.41) is 5.52. The number of likely N-dealkylation sites (N-methyl/N-ethyl adjacent to an activating group) is 1. The van der Waals surface area contributed by atoms with Crippen molar-refractivity contribution < 1.29 is 14.4 Å². The van der Waals surface area contributed by atoms with E-state index < -0.39 is 0 Å². The Kier molecular flexibility index (Phi) is 6.50. The number of rotatable bonds is 7. The van der Waals surface area contributed by atoms with Gasteiger partial charge < -0.3 is 15.0 Å². The standard InChI is InChI=1S/C21H21ClN2O2S/c1-24(14-17-9-6-12-27-17)20(15-7-4-3-5-8-15)21(25)23-16-10-11-19(26-2)18(22)13-16/h3-13,20H,14H2,1-2H3,(H,23,25)/p+1/t20-/m1/s1. The van der Waals surface area contributed by atoms with Crippen LogP contribution in [0, 0.1) is 0 Å². The second kappa shape index (κ2) is 9.04. The molecule has 0 aliphatic heterocycles. The maximum Gasteiger partial charge on any atom is 0.287 e. The van der Waals surface area contributed by atoms with Gasteiger partial charge in [-0.3, -0.25) is 4.79 Å². The lowest BCUT2D eigenvalue weighted by molar-refractivity contribution is -0.915. The van der Waals surface area contributed by atoms with Crippen molar-refractivity contribution in [2.24, 2.45) is 0 Å². The predicted molar refractivity (Wildman–Crippen MR) is 111 cm³/mol. The molecule has 0 aliphatic carbocycles. The molecule has 6 heteroatoms. The van der Waals surface area contributed by atoms with Gasteiger partial charge in [0.25, 0.3) is 5.91 Å². The minimum absolute atomic E-state index is 0.0727. The molecule has 0 spiro atoms. The van der Waals surface area contributed by atoms with Gasteiger partial charge in [-0.2, -0.15) is 0 Å². The van der Waals surface area contributed by atoms with E-state index in [2.05, 4.69) is 16.8 Å². The summed E-state index contributed by atoms with van der Waals surface area (Å²) in [6, 6.07) is 18.9. The minimum atomic E-state index is -0.339. The molecular formula is C21H22ClN2O2S+. The number of ether oxygens (including phenoxy) is 1. The van der Waals surface area contributed by atoms with Gasteiger partial charge in [-0.05, 0) is 29.6 Å². The lowest BCUT2D eigenvalue weighted by atomic mass is 10.0. The quantitative estimate of drug-likeness (QED) is 0.632. The van der Waals surface area contributed by atoms with Crippen molar-refractivity contribution in [3.05, 3.63) is 81.5 Å². The van der Waals surface area contributed by atoms with Crippen molar-refractivity contribution in [2.75, 3.05) is 19.5 Å². The highest BCUT2D eigenvalue weighted by Gasteiger charge is 2.29. The molecule has 4 nitrogen and oxygen atoms in total. The van der Waals surface area contributed by atoms with Crippen molar-refractivity contribution in [3.8, 4) is 5.75 Å². The summed E-state index contributed by atoms with van der Waals surface area (Å²) < 4.78 is 5.17. The molecule has 0 saturated carbocycles. The molecule has 0 radical (unpaired) electrons. The van der Waals surface area contributed by atoms with E-state index in [4.69, 9.17) is 16.3 Å². The van der Waals surface area contributed by atoms with Gasteiger partial charge in [-0.1, -0.05) is 48.0 Å². The molecule has 3 rings (SSSR count).